The lowest BCUT2D eigenvalue weighted by atomic mass is 10.1. The molecule has 7 aliphatic heterocycles. The fourth-order valence-corrected chi connectivity index (χ4v) is 6.81. The van der Waals surface area contributed by atoms with Crippen LogP contribution in [-0.2, 0) is 71.6 Å². The molecule has 6 nitrogen and oxygen atoms in total. The van der Waals surface area contributed by atoms with E-state index in [-0.39, 0.29) is 0 Å². The van der Waals surface area contributed by atoms with Crippen molar-refractivity contribution in [3.05, 3.63) is 166 Å². The Balaban J connectivity index is 0.981. The zero-order chi connectivity index (χ0) is 40.0. The third-order valence-corrected chi connectivity index (χ3v) is 10.5. The first-order valence-corrected chi connectivity index (χ1v) is 22.1. The van der Waals surface area contributed by atoms with Crippen LogP contribution in [0.5, 0.6) is 0 Å². The van der Waals surface area contributed by atoms with Gasteiger partial charge < -0.3 is 29.6 Å². The van der Waals surface area contributed by atoms with Crippen molar-refractivity contribution in [3.63, 3.8) is 0 Å². The summed E-state index contributed by atoms with van der Waals surface area (Å²) < 4.78 is 23.8. The van der Waals surface area contributed by atoms with Crippen LogP contribution in [0.1, 0.15) is 122 Å². The minimum Gasteiger partial charge on any atom is -0.377 e. The van der Waals surface area contributed by atoms with Crippen molar-refractivity contribution in [1.82, 2.24) is 10.6 Å². The Hall–Kier alpha value is -3.88. The van der Waals surface area contributed by atoms with Crippen LogP contribution in [-0.4, -0.2) is 26.4 Å². The van der Waals surface area contributed by atoms with Crippen LogP contribution in [0.25, 0.3) is 0 Å². The van der Waals surface area contributed by atoms with Gasteiger partial charge in [-0.25, -0.2) is 0 Å². The van der Waals surface area contributed by atoms with Crippen molar-refractivity contribution < 1.29 is 18.9 Å². The maximum absolute atomic E-state index is 5.96. The lowest BCUT2D eigenvalue weighted by molar-refractivity contribution is 0.117. The predicted molar refractivity (Wildman–Crippen MR) is 239 cm³/mol. The van der Waals surface area contributed by atoms with Gasteiger partial charge in [0.15, 0.2) is 0 Å². The highest BCUT2D eigenvalue weighted by atomic mass is 16.5. The van der Waals surface area contributed by atoms with Gasteiger partial charge in [0.05, 0.1) is 26.4 Å². The minimum absolute atomic E-state index is 0.675. The van der Waals surface area contributed by atoms with Crippen molar-refractivity contribution in [2.75, 3.05) is 26.4 Å². The van der Waals surface area contributed by atoms with E-state index in [4.69, 9.17) is 18.9 Å². The summed E-state index contributed by atoms with van der Waals surface area (Å²) in [7, 11) is 0. The first kappa shape index (κ1) is 45.2. The second-order valence-electron chi connectivity index (χ2n) is 15.6. The number of ether oxygens (including phenoxy) is 4. The van der Waals surface area contributed by atoms with E-state index in [9.17, 15) is 0 Å². The van der Waals surface area contributed by atoms with Crippen molar-refractivity contribution in [2.24, 2.45) is 0 Å². The van der Waals surface area contributed by atoms with E-state index in [0.29, 0.717) is 26.4 Å². The summed E-state index contributed by atoms with van der Waals surface area (Å²) in [5, 5.41) is 7.16. The van der Waals surface area contributed by atoms with Crippen molar-refractivity contribution in [3.8, 4) is 0 Å². The summed E-state index contributed by atoms with van der Waals surface area (Å²) in [6, 6.07) is 35.1. The summed E-state index contributed by atoms with van der Waals surface area (Å²) in [5.74, 6) is 0. The molecule has 0 saturated heterocycles. The normalized spacial score (nSPS) is 19.3. The van der Waals surface area contributed by atoms with E-state index < -0.39 is 0 Å². The van der Waals surface area contributed by atoms with Crippen molar-refractivity contribution >= 4 is 0 Å². The molecule has 0 radical (unpaired) electrons. The molecule has 0 atom stereocenters. The van der Waals surface area contributed by atoms with Crippen LogP contribution >= 0.6 is 0 Å². The predicted octanol–water partition coefficient (Wildman–Crippen LogP) is 11.8. The zero-order valence-corrected chi connectivity index (χ0v) is 35.2. The Morgan fingerprint density at radius 1 is 0.259 bits per heavy atom. The monoisotopic (exact) mass is 787 g/mol. The first-order valence-electron chi connectivity index (χ1n) is 22.1. The average Bonchev–Trinajstić information content (AvgIpc) is 3.25. The maximum atomic E-state index is 5.96. The SMILES string of the molecule is C1=C/CCCCOCc2ccc(cc2)CNCc2ccc(cc2)COCCCC/C=C/CCCCOCc2ccc(cc2)CNCc2ccc(cc2)COCCCC/1. The standard InChI is InChI=1S/C52H70N2O4/c1-2-6-10-14-34-56-42-50-27-19-46(20-28-50)38-54-40-48-23-31-52(32-24-48)44-58-36-16-12-8-4-3-7-11-15-35-57-43-51-29-21-47(22-30-51)39-53-37-45-17-25-49(26-18-45)41-55-33-13-9-5-1/h1-4,17-32,53-54H,5-16,33-44H2/b2-1+,4-3+. The number of hydrogen-bond donors (Lipinski definition) is 2. The molecule has 0 aromatic heterocycles. The summed E-state index contributed by atoms with van der Waals surface area (Å²) >= 11 is 0. The van der Waals surface area contributed by atoms with Gasteiger partial charge in [-0.2, -0.15) is 0 Å². The summed E-state index contributed by atoms with van der Waals surface area (Å²) in [5.41, 5.74) is 10.1. The van der Waals surface area contributed by atoms with Crippen LogP contribution in [0, 0.1) is 0 Å². The molecule has 2 N–H and O–H groups in total. The fourth-order valence-electron chi connectivity index (χ4n) is 6.81. The Kier molecular flexibility index (Phi) is 22.9. The Morgan fingerprint density at radius 3 is 0.690 bits per heavy atom. The molecule has 0 saturated carbocycles. The highest BCUT2D eigenvalue weighted by Crippen LogP contribution is 2.12. The average molecular weight is 787 g/mol. The molecule has 6 heteroatoms. The van der Waals surface area contributed by atoms with Gasteiger partial charge in [0, 0.05) is 52.6 Å². The molecule has 11 rings (SSSR count). The highest BCUT2D eigenvalue weighted by molar-refractivity contribution is 5.25. The molecule has 58 heavy (non-hydrogen) atoms. The van der Waals surface area contributed by atoms with E-state index in [1.807, 2.05) is 0 Å². The van der Waals surface area contributed by atoms with Gasteiger partial charge in [0.2, 0.25) is 0 Å². The van der Waals surface area contributed by atoms with Gasteiger partial charge in [-0.05, 0) is 122 Å². The topological polar surface area (TPSA) is 61.0 Å². The molecule has 0 amide bonds. The number of hydrogen-bond acceptors (Lipinski definition) is 6. The lowest BCUT2D eigenvalue weighted by Gasteiger charge is -2.09. The molecule has 4 aromatic rings. The largest absolute Gasteiger partial charge is 0.377 e. The van der Waals surface area contributed by atoms with Crippen LogP contribution in [0.4, 0.5) is 0 Å². The number of nitrogens with one attached hydrogen (secondary N) is 2. The van der Waals surface area contributed by atoms with Gasteiger partial charge in [0.25, 0.3) is 0 Å². The molecular weight excluding hydrogens is 717 g/mol. The second-order valence-corrected chi connectivity index (χ2v) is 15.6. The molecule has 7 heterocycles. The van der Waals surface area contributed by atoms with Crippen LogP contribution in [0.15, 0.2) is 121 Å². The smallest absolute Gasteiger partial charge is 0.0716 e. The summed E-state index contributed by atoms with van der Waals surface area (Å²) in [4.78, 5) is 0. The zero-order valence-electron chi connectivity index (χ0n) is 35.2. The van der Waals surface area contributed by atoms with E-state index >= 15 is 0 Å². The highest BCUT2D eigenvalue weighted by Gasteiger charge is 2.02. The molecule has 8 bridgehead atoms. The second kappa shape index (κ2) is 29.3. The van der Waals surface area contributed by atoms with E-state index in [0.717, 1.165) is 130 Å². The molecule has 7 aliphatic rings. The molecule has 0 spiro atoms. The maximum Gasteiger partial charge on any atom is 0.0716 e. The van der Waals surface area contributed by atoms with Crippen molar-refractivity contribution in [1.29, 1.82) is 0 Å². The number of allylic oxidation sites excluding steroid dienone is 4. The van der Waals surface area contributed by atoms with Gasteiger partial charge in [-0.15, -0.1) is 0 Å². The Bertz CT molecular complexity index is 1420. The van der Waals surface area contributed by atoms with Gasteiger partial charge in [0.1, 0.15) is 0 Å². The molecular formula is C52H70N2O4. The Labute approximate surface area is 350 Å². The number of benzene rings is 4. The summed E-state index contributed by atoms with van der Waals surface area (Å²) in [6.07, 6.45) is 22.8. The molecule has 0 aliphatic carbocycles. The third-order valence-electron chi connectivity index (χ3n) is 10.5. The van der Waals surface area contributed by atoms with Gasteiger partial charge in [-0.1, -0.05) is 121 Å². The lowest BCUT2D eigenvalue weighted by Crippen LogP contribution is -2.12. The van der Waals surface area contributed by atoms with E-state index in [1.165, 1.54) is 44.5 Å². The van der Waals surface area contributed by atoms with Gasteiger partial charge >= 0.3 is 0 Å². The van der Waals surface area contributed by atoms with Crippen LogP contribution in [0.2, 0.25) is 0 Å². The molecule has 4 aromatic carbocycles. The number of rotatable bonds is 0. The van der Waals surface area contributed by atoms with E-state index in [2.05, 4.69) is 132 Å². The van der Waals surface area contributed by atoms with Gasteiger partial charge in [-0.3, -0.25) is 0 Å². The summed E-state index contributed by atoms with van der Waals surface area (Å²) in [6.45, 7) is 9.32. The Morgan fingerprint density at radius 2 is 0.466 bits per heavy atom. The molecule has 0 fully saturated rings. The first-order chi connectivity index (χ1) is 28.8. The fraction of sp³-hybridized carbons (Fsp3) is 0.462. The third kappa shape index (κ3) is 20.2. The molecule has 0 unspecified atom stereocenters. The quantitative estimate of drug-likeness (QED) is 0.173. The van der Waals surface area contributed by atoms with E-state index in [1.54, 1.807) is 0 Å². The van der Waals surface area contributed by atoms with Crippen LogP contribution in [0.3, 0.4) is 0 Å². The van der Waals surface area contributed by atoms with Crippen molar-refractivity contribution in [2.45, 2.75) is 130 Å². The van der Waals surface area contributed by atoms with Crippen LogP contribution < -0.4 is 10.6 Å². The minimum atomic E-state index is 0.675. The molecule has 312 valence electrons.